The molecule has 3 aliphatic rings. The van der Waals surface area contributed by atoms with Gasteiger partial charge in [-0.05, 0) is 42.9 Å². The Balaban J connectivity index is 1.56. The number of alkyl halides is 1. The van der Waals surface area contributed by atoms with Gasteiger partial charge >= 0.3 is 0 Å². The third-order valence-electron chi connectivity index (χ3n) is 4.38. The molecule has 0 heterocycles. The van der Waals surface area contributed by atoms with E-state index in [2.05, 4.69) is 5.32 Å². The molecule has 0 radical (unpaired) electrons. The van der Waals surface area contributed by atoms with E-state index < -0.39 is 0 Å². The van der Waals surface area contributed by atoms with E-state index in [-0.39, 0.29) is 5.91 Å². The Morgan fingerprint density at radius 3 is 2.50 bits per heavy atom. The van der Waals surface area contributed by atoms with E-state index in [1.807, 2.05) is 0 Å². The van der Waals surface area contributed by atoms with Gasteiger partial charge in [-0.3, -0.25) is 4.79 Å². The van der Waals surface area contributed by atoms with Crippen LogP contribution in [0.4, 0.5) is 0 Å². The highest BCUT2D eigenvalue weighted by Crippen LogP contribution is 2.65. The minimum absolute atomic E-state index is 0.152. The van der Waals surface area contributed by atoms with Crippen LogP contribution >= 0.6 is 11.6 Å². The molecule has 14 heavy (non-hydrogen) atoms. The summed E-state index contributed by atoms with van der Waals surface area (Å²) < 4.78 is 0. The molecule has 3 heteroatoms. The monoisotopic (exact) mass is 213 g/mol. The van der Waals surface area contributed by atoms with Gasteiger partial charge in [-0.2, -0.15) is 0 Å². The van der Waals surface area contributed by atoms with E-state index in [1.54, 1.807) is 0 Å². The number of hydrogen-bond donors (Lipinski definition) is 1. The van der Waals surface area contributed by atoms with E-state index in [0.717, 1.165) is 23.7 Å². The van der Waals surface area contributed by atoms with Crippen LogP contribution in [0.3, 0.4) is 0 Å². The molecule has 3 aliphatic carbocycles. The van der Waals surface area contributed by atoms with Crippen molar-refractivity contribution in [3.8, 4) is 0 Å². The zero-order valence-electron chi connectivity index (χ0n) is 8.21. The maximum absolute atomic E-state index is 11.4. The summed E-state index contributed by atoms with van der Waals surface area (Å²) in [7, 11) is 0. The Bertz CT molecular complexity index is 252. The fraction of sp³-hybridized carbons (Fsp3) is 0.909. The van der Waals surface area contributed by atoms with Crippen LogP contribution in [-0.4, -0.2) is 17.8 Å². The predicted molar refractivity (Wildman–Crippen MR) is 55.1 cm³/mol. The molecule has 4 unspecified atom stereocenters. The van der Waals surface area contributed by atoms with Crippen molar-refractivity contribution in [2.45, 2.75) is 31.7 Å². The van der Waals surface area contributed by atoms with Crippen LogP contribution in [0.2, 0.25) is 0 Å². The topological polar surface area (TPSA) is 29.1 Å². The normalized spacial score (nSPS) is 47.6. The molecule has 0 aromatic carbocycles. The molecule has 0 aliphatic heterocycles. The van der Waals surface area contributed by atoms with Gasteiger partial charge in [0.25, 0.3) is 0 Å². The summed E-state index contributed by atoms with van der Waals surface area (Å²) >= 11 is 5.53. The zero-order valence-corrected chi connectivity index (χ0v) is 8.96. The van der Waals surface area contributed by atoms with Gasteiger partial charge in [0.1, 0.15) is 0 Å². The molecule has 3 saturated carbocycles. The molecule has 78 valence electrons. The van der Waals surface area contributed by atoms with Crippen molar-refractivity contribution in [3.05, 3.63) is 0 Å². The number of hydrogen-bond acceptors (Lipinski definition) is 1. The Labute approximate surface area is 89.4 Å². The first-order valence-electron chi connectivity index (χ1n) is 5.66. The van der Waals surface area contributed by atoms with Crippen LogP contribution in [0.1, 0.15) is 25.7 Å². The van der Waals surface area contributed by atoms with E-state index in [9.17, 15) is 4.79 Å². The van der Waals surface area contributed by atoms with E-state index >= 15 is 0 Å². The van der Waals surface area contributed by atoms with Gasteiger partial charge in [-0.15, -0.1) is 11.6 Å². The lowest BCUT2D eigenvalue weighted by Crippen LogP contribution is -2.29. The average molecular weight is 214 g/mol. The fourth-order valence-electron chi connectivity index (χ4n) is 3.86. The fourth-order valence-corrected chi connectivity index (χ4v) is 4.03. The summed E-state index contributed by atoms with van der Waals surface area (Å²) in [6.07, 6.45) is 4.74. The molecule has 3 fully saturated rings. The third kappa shape index (κ3) is 1.19. The number of rotatable bonds is 3. The first-order valence-corrected chi connectivity index (χ1v) is 6.20. The average Bonchev–Trinajstić information content (AvgIpc) is 2.60. The van der Waals surface area contributed by atoms with Crippen LogP contribution in [0, 0.1) is 23.7 Å². The first-order chi connectivity index (χ1) is 6.81. The predicted octanol–water partition coefficient (Wildman–Crippen LogP) is 1.78. The van der Waals surface area contributed by atoms with Gasteiger partial charge in [0.2, 0.25) is 5.91 Å². The smallest absolute Gasteiger partial charge is 0.221 e. The molecule has 2 bridgehead atoms. The molecule has 0 saturated heterocycles. The summed E-state index contributed by atoms with van der Waals surface area (Å²) in [6.45, 7) is 0. The lowest BCUT2D eigenvalue weighted by Gasteiger charge is -2.09. The van der Waals surface area contributed by atoms with Crippen molar-refractivity contribution in [3.63, 3.8) is 0 Å². The van der Waals surface area contributed by atoms with Gasteiger partial charge in [-0.25, -0.2) is 0 Å². The molecular weight excluding hydrogens is 198 g/mol. The summed E-state index contributed by atoms with van der Waals surface area (Å²) in [5, 5.41) is 3.13. The van der Waals surface area contributed by atoms with Gasteiger partial charge in [0.05, 0.1) is 0 Å². The minimum atomic E-state index is 0.152. The second-order valence-corrected chi connectivity index (χ2v) is 5.40. The maximum Gasteiger partial charge on any atom is 0.221 e. The SMILES string of the molecule is O=C(CCCl)NC1C2C3CCC(C3)C12. The number of amides is 1. The molecule has 3 rings (SSSR count). The lowest BCUT2D eigenvalue weighted by atomic mass is 10.0. The van der Waals surface area contributed by atoms with E-state index in [0.29, 0.717) is 18.3 Å². The number of fused-ring (bicyclic) bond motifs is 5. The molecule has 1 N–H and O–H groups in total. The number of carbonyl (C=O) groups is 1. The number of nitrogens with one attached hydrogen (secondary N) is 1. The molecular formula is C11H16ClNO. The Hall–Kier alpha value is -0.240. The minimum Gasteiger partial charge on any atom is -0.353 e. The van der Waals surface area contributed by atoms with Crippen molar-refractivity contribution in [1.82, 2.24) is 5.32 Å². The van der Waals surface area contributed by atoms with Gasteiger partial charge in [-0.1, -0.05) is 0 Å². The Morgan fingerprint density at radius 2 is 1.93 bits per heavy atom. The largest absolute Gasteiger partial charge is 0.353 e. The third-order valence-corrected chi connectivity index (χ3v) is 4.57. The molecule has 0 spiro atoms. The van der Waals surface area contributed by atoms with Crippen molar-refractivity contribution < 1.29 is 4.79 Å². The van der Waals surface area contributed by atoms with Crippen LogP contribution in [0.15, 0.2) is 0 Å². The highest BCUT2D eigenvalue weighted by molar-refractivity contribution is 6.18. The van der Waals surface area contributed by atoms with Crippen LogP contribution in [0.25, 0.3) is 0 Å². The summed E-state index contributed by atoms with van der Waals surface area (Å²) in [4.78, 5) is 11.4. The summed E-state index contributed by atoms with van der Waals surface area (Å²) in [5.41, 5.74) is 0. The van der Waals surface area contributed by atoms with Gasteiger partial charge in [0, 0.05) is 18.3 Å². The summed E-state index contributed by atoms with van der Waals surface area (Å²) in [5.74, 6) is 4.15. The Kier molecular flexibility index (Phi) is 2.01. The maximum atomic E-state index is 11.4. The highest BCUT2D eigenvalue weighted by atomic mass is 35.5. The zero-order chi connectivity index (χ0) is 9.71. The van der Waals surface area contributed by atoms with E-state index in [4.69, 9.17) is 11.6 Å². The second-order valence-electron chi connectivity index (χ2n) is 5.02. The summed E-state index contributed by atoms with van der Waals surface area (Å²) in [6, 6.07) is 0.525. The van der Waals surface area contributed by atoms with Crippen molar-refractivity contribution in [2.75, 3.05) is 5.88 Å². The quantitative estimate of drug-likeness (QED) is 0.712. The molecule has 2 nitrogen and oxygen atoms in total. The van der Waals surface area contributed by atoms with Crippen LogP contribution in [0.5, 0.6) is 0 Å². The standard InChI is InChI=1S/C11H16ClNO/c12-4-3-8(14)13-11-9-6-1-2-7(5-6)10(9)11/h6-7,9-11H,1-5H2,(H,13,14). The number of carbonyl (C=O) groups excluding carboxylic acids is 1. The van der Waals surface area contributed by atoms with Crippen molar-refractivity contribution in [2.24, 2.45) is 23.7 Å². The second kappa shape index (κ2) is 3.13. The molecule has 4 atom stereocenters. The van der Waals surface area contributed by atoms with Gasteiger partial charge in [0.15, 0.2) is 0 Å². The van der Waals surface area contributed by atoms with Crippen molar-refractivity contribution >= 4 is 17.5 Å². The molecule has 0 aromatic rings. The van der Waals surface area contributed by atoms with Crippen LogP contribution < -0.4 is 5.32 Å². The van der Waals surface area contributed by atoms with E-state index in [1.165, 1.54) is 19.3 Å². The molecule has 1 amide bonds. The van der Waals surface area contributed by atoms with Crippen LogP contribution in [-0.2, 0) is 4.79 Å². The Morgan fingerprint density at radius 1 is 1.29 bits per heavy atom. The number of halogens is 1. The lowest BCUT2D eigenvalue weighted by molar-refractivity contribution is -0.121. The molecule has 0 aromatic heterocycles. The van der Waals surface area contributed by atoms with Crippen molar-refractivity contribution in [1.29, 1.82) is 0 Å². The highest BCUT2D eigenvalue weighted by Gasteiger charge is 2.65. The first kappa shape index (κ1) is 9.02. The van der Waals surface area contributed by atoms with Gasteiger partial charge < -0.3 is 5.32 Å².